The minimum atomic E-state index is -1.03. The molecule has 5 nitrogen and oxygen atoms in total. The van der Waals surface area contributed by atoms with Gasteiger partial charge in [0.25, 0.3) is 0 Å². The second-order valence-electron chi connectivity index (χ2n) is 3.40. The largest absolute Gasteiger partial charge is 0.475 e. The highest BCUT2D eigenvalue weighted by molar-refractivity contribution is 5.85. The van der Waals surface area contributed by atoms with E-state index in [1.54, 1.807) is 0 Å². The Morgan fingerprint density at radius 1 is 1.57 bits per heavy atom. The van der Waals surface area contributed by atoms with E-state index in [9.17, 15) is 4.79 Å². The van der Waals surface area contributed by atoms with Crippen molar-refractivity contribution in [1.29, 1.82) is 0 Å². The van der Waals surface area contributed by atoms with E-state index in [0.29, 0.717) is 5.69 Å². The number of carbonyl (C=O) groups is 1. The molecule has 1 aromatic rings. The first-order chi connectivity index (χ1) is 6.79. The summed E-state index contributed by atoms with van der Waals surface area (Å²) in [4.78, 5) is 14.8. The van der Waals surface area contributed by atoms with E-state index in [1.165, 1.54) is 6.39 Å². The molecule has 1 aromatic heterocycles. The van der Waals surface area contributed by atoms with Crippen LogP contribution in [-0.2, 0) is 0 Å². The molecule has 2 rings (SSSR count). The van der Waals surface area contributed by atoms with E-state index in [1.807, 2.05) is 0 Å². The van der Waals surface area contributed by atoms with Gasteiger partial charge in [0.2, 0.25) is 5.76 Å². The monoisotopic (exact) mass is 196 g/mol. The van der Waals surface area contributed by atoms with Crippen molar-refractivity contribution in [2.24, 2.45) is 0 Å². The van der Waals surface area contributed by atoms with Gasteiger partial charge < -0.3 is 14.8 Å². The molecule has 0 radical (unpaired) electrons. The molecule has 1 aliphatic heterocycles. The number of hydrogen-bond acceptors (Lipinski definition) is 4. The second kappa shape index (κ2) is 3.79. The van der Waals surface area contributed by atoms with Crippen LogP contribution in [0.5, 0.6) is 0 Å². The first-order valence-corrected chi connectivity index (χ1v) is 4.66. The van der Waals surface area contributed by atoms with Crippen molar-refractivity contribution in [3.05, 3.63) is 17.8 Å². The van der Waals surface area contributed by atoms with Crippen molar-refractivity contribution in [1.82, 2.24) is 10.3 Å². The minimum absolute atomic E-state index is 0.00287. The summed E-state index contributed by atoms with van der Waals surface area (Å²) in [6, 6.07) is 0. The number of hydrogen-bond donors (Lipinski definition) is 2. The molecule has 1 fully saturated rings. The van der Waals surface area contributed by atoms with Crippen molar-refractivity contribution in [2.45, 2.75) is 18.8 Å². The molecule has 1 aliphatic rings. The molecule has 0 spiro atoms. The van der Waals surface area contributed by atoms with Crippen LogP contribution in [0.1, 0.15) is 35.0 Å². The summed E-state index contributed by atoms with van der Waals surface area (Å²) in [5, 5.41) is 12.1. The molecule has 14 heavy (non-hydrogen) atoms. The number of aromatic carboxylic acids is 1. The topological polar surface area (TPSA) is 75.4 Å². The van der Waals surface area contributed by atoms with Gasteiger partial charge in [-0.3, -0.25) is 0 Å². The van der Waals surface area contributed by atoms with E-state index in [-0.39, 0.29) is 11.7 Å². The predicted octanol–water partition coefficient (Wildman–Crippen LogP) is 0.840. The number of nitrogens with one attached hydrogen (secondary N) is 1. The Labute approximate surface area is 81.1 Å². The summed E-state index contributed by atoms with van der Waals surface area (Å²) in [6.07, 6.45) is 3.06. The number of rotatable bonds is 2. The van der Waals surface area contributed by atoms with Crippen molar-refractivity contribution < 1.29 is 14.3 Å². The highest BCUT2D eigenvalue weighted by Gasteiger charge is 2.25. The molecule has 0 atom stereocenters. The molecule has 0 saturated carbocycles. The summed E-state index contributed by atoms with van der Waals surface area (Å²) in [7, 11) is 0. The normalized spacial score (nSPS) is 18.3. The lowest BCUT2D eigenvalue weighted by atomic mass is 9.93. The third kappa shape index (κ3) is 1.63. The van der Waals surface area contributed by atoms with Crippen LogP contribution in [0, 0.1) is 0 Å². The Kier molecular flexibility index (Phi) is 2.49. The Bertz CT molecular complexity index is 329. The Morgan fingerprint density at radius 3 is 2.93 bits per heavy atom. The molecule has 0 bridgehead atoms. The van der Waals surface area contributed by atoms with E-state index in [0.717, 1.165) is 25.9 Å². The zero-order chi connectivity index (χ0) is 9.97. The number of oxazole rings is 1. The lowest BCUT2D eigenvalue weighted by molar-refractivity contribution is 0.0659. The first kappa shape index (κ1) is 9.21. The van der Waals surface area contributed by atoms with Gasteiger partial charge >= 0.3 is 5.97 Å². The number of nitrogens with zero attached hydrogens (tertiary/aromatic N) is 1. The highest BCUT2D eigenvalue weighted by Crippen LogP contribution is 2.26. The third-order valence-electron chi connectivity index (χ3n) is 2.52. The maximum absolute atomic E-state index is 10.8. The fourth-order valence-electron chi connectivity index (χ4n) is 1.80. The average Bonchev–Trinajstić information content (AvgIpc) is 2.67. The molecule has 0 aromatic carbocycles. The number of carboxylic acids is 1. The number of piperidine rings is 1. The molecule has 0 aliphatic carbocycles. The molecular weight excluding hydrogens is 184 g/mol. The van der Waals surface area contributed by atoms with Gasteiger partial charge in [0.15, 0.2) is 6.39 Å². The number of aromatic nitrogens is 1. The Balaban J connectivity index is 2.21. The summed E-state index contributed by atoms with van der Waals surface area (Å²) < 4.78 is 4.85. The fourth-order valence-corrected chi connectivity index (χ4v) is 1.80. The van der Waals surface area contributed by atoms with Gasteiger partial charge in [0, 0.05) is 5.92 Å². The standard InChI is InChI=1S/C9H12N2O3/c12-9(13)8-7(11-5-14-8)6-1-3-10-4-2-6/h5-6,10H,1-4H2,(H,12,13). The maximum Gasteiger partial charge on any atom is 0.373 e. The van der Waals surface area contributed by atoms with Crippen LogP contribution in [0.15, 0.2) is 10.8 Å². The van der Waals surface area contributed by atoms with Gasteiger partial charge in [-0.15, -0.1) is 0 Å². The molecular formula is C9H12N2O3. The van der Waals surface area contributed by atoms with Crippen LogP contribution in [0.4, 0.5) is 0 Å². The number of carboxylic acid groups (broad SMARTS) is 1. The van der Waals surface area contributed by atoms with Gasteiger partial charge in [-0.25, -0.2) is 9.78 Å². The summed E-state index contributed by atoms with van der Waals surface area (Å²) in [5.74, 6) is -0.811. The predicted molar refractivity (Wildman–Crippen MR) is 48.3 cm³/mol. The van der Waals surface area contributed by atoms with E-state index in [4.69, 9.17) is 9.52 Å². The second-order valence-corrected chi connectivity index (χ2v) is 3.40. The summed E-state index contributed by atoms with van der Waals surface area (Å²) in [5.41, 5.74) is 0.596. The lowest BCUT2D eigenvalue weighted by Gasteiger charge is -2.20. The Hall–Kier alpha value is -1.36. The van der Waals surface area contributed by atoms with Crippen molar-refractivity contribution in [2.75, 3.05) is 13.1 Å². The smallest absolute Gasteiger partial charge is 0.373 e. The van der Waals surface area contributed by atoms with Crippen molar-refractivity contribution >= 4 is 5.97 Å². The molecule has 2 N–H and O–H groups in total. The van der Waals surface area contributed by atoms with Crippen LogP contribution < -0.4 is 5.32 Å². The maximum atomic E-state index is 10.8. The average molecular weight is 196 g/mol. The van der Waals surface area contributed by atoms with Crippen LogP contribution in [-0.4, -0.2) is 29.1 Å². The zero-order valence-electron chi connectivity index (χ0n) is 7.69. The van der Waals surface area contributed by atoms with Gasteiger partial charge in [-0.2, -0.15) is 0 Å². The molecule has 0 amide bonds. The SMILES string of the molecule is O=C(O)c1ocnc1C1CCNCC1. The summed E-state index contributed by atoms with van der Waals surface area (Å²) >= 11 is 0. The van der Waals surface area contributed by atoms with Crippen LogP contribution in [0.3, 0.4) is 0 Å². The zero-order valence-corrected chi connectivity index (χ0v) is 7.69. The van der Waals surface area contributed by atoms with Crippen molar-refractivity contribution in [3.63, 3.8) is 0 Å². The van der Waals surface area contributed by atoms with Crippen molar-refractivity contribution in [3.8, 4) is 0 Å². The van der Waals surface area contributed by atoms with Gasteiger partial charge in [0.1, 0.15) is 0 Å². The van der Waals surface area contributed by atoms with E-state index < -0.39 is 5.97 Å². The van der Waals surface area contributed by atoms with Gasteiger partial charge in [0.05, 0.1) is 5.69 Å². The van der Waals surface area contributed by atoms with E-state index >= 15 is 0 Å². The molecule has 5 heteroatoms. The minimum Gasteiger partial charge on any atom is -0.475 e. The van der Waals surface area contributed by atoms with Crippen LogP contribution >= 0.6 is 0 Å². The molecule has 1 saturated heterocycles. The van der Waals surface area contributed by atoms with Gasteiger partial charge in [-0.05, 0) is 25.9 Å². The summed E-state index contributed by atoms with van der Waals surface area (Å²) in [6.45, 7) is 1.83. The molecule has 76 valence electrons. The lowest BCUT2D eigenvalue weighted by Crippen LogP contribution is -2.27. The van der Waals surface area contributed by atoms with E-state index in [2.05, 4.69) is 10.3 Å². The fraction of sp³-hybridized carbons (Fsp3) is 0.556. The first-order valence-electron chi connectivity index (χ1n) is 4.66. The quantitative estimate of drug-likeness (QED) is 0.733. The molecule has 0 unspecified atom stereocenters. The van der Waals surface area contributed by atoms with Crippen LogP contribution in [0.2, 0.25) is 0 Å². The Morgan fingerprint density at radius 2 is 2.29 bits per heavy atom. The van der Waals surface area contributed by atoms with Gasteiger partial charge in [-0.1, -0.05) is 0 Å². The highest BCUT2D eigenvalue weighted by atomic mass is 16.4. The third-order valence-corrected chi connectivity index (χ3v) is 2.52. The van der Waals surface area contributed by atoms with Crippen LogP contribution in [0.25, 0.3) is 0 Å². The molecule has 2 heterocycles.